The average Bonchev–Trinajstić information content (AvgIpc) is 2.30. The Morgan fingerprint density at radius 1 is 1.27 bits per heavy atom. The van der Waals surface area contributed by atoms with E-state index >= 15 is 0 Å². The van der Waals surface area contributed by atoms with Crippen molar-refractivity contribution < 1.29 is 4.39 Å². The first-order valence-corrected chi connectivity index (χ1v) is 6.45. The second kappa shape index (κ2) is 5.52. The highest BCUT2D eigenvalue weighted by Gasteiger charge is 2.12. The van der Waals surface area contributed by atoms with Crippen LogP contribution < -0.4 is 5.32 Å². The molecule has 2 rings (SSSR count). The van der Waals surface area contributed by atoms with Gasteiger partial charge in [0.2, 0.25) is 0 Å². The van der Waals surface area contributed by atoms with Gasteiger partial charge in [-0.15, -0.1) is 11.8 Å². The highest BCUT2D eigenvalue weighted by atomic mass is 32.2. The van der Waals surface area contributed by atoms with Crippen LogP contribution in [0.25, 0.3) is 0 Å². The fraction of sp³-hybridized carbons (Fsp3) is 0.500. The molecule has 0 saturated carbocycles. The van der Waals surface area contributed by atoms with Crippen LogP contribution in [0.4, 0.5) is 4.39 Å². The molecule has 1 atom stereocenters. The fourth-order valence-corrected chi connectivity index (χ4v) is 2.80. The molecule has 1 fully saturated rings. The summed E-state index contributed by atoms with van der Waals surface area (Å²) in [4.78, 5) is 1.16. The maximum atomic E-state index is 12.7. The van der Waals surface area contributed by atoms with E-state index in [4.69, 9.17) is 0 Å². The third-order valence-electron chi connectivity index (χ3n) is 2.68. The van der Waals surface area contributed by atoms with Gasteiger partial charge in [0, 0.05) is 16.7 Å². The predicted octanol–water partition coefficient (Wildman–Crippen LogP) is 3.06. The summed E-state index contributed by atoms with van der Waals surface area (Å²) in [6.45, 7) is 1.15. The number of piperidine rings is 1. The Kier molecular flexibility index (Phi) is 4.03. The van der Waals surface area contributed by atoms with E-state index in [-0.39, 0.29) is 5.82 Å². The van der Waals surface area contributed by atoms with Gasteiger partial charge >= 0.3 is 0 Å². The summed E-state index contributed by atoms with van der Waals surface area (Å²) in [6.07, 6.45) is 3.91. The molecule has 0 amide bonds. The van der Waals surface area contributed by atoms with Crippen molar-refractivity contribution in [3.63, 3.8) is 0 Å². The molecule has 1 N–H and O–H groups in total. The van der Waals surface area contributed by atoms with Gasteiger partial charge in [0.05, 0.1) is 0 Å². The average molecular weight is 225 g/mol. The molecular formula is C12H16FNS. The maximum Gasteiger partial charge on any atom is 0.123 e. The number of hydrogen-bond acceptors (Lipinski definition) is 2. The lowest BCUT2D eigenvalue weighted by Crippen LogP contribution is -2.35. The molecule has 1 heterocycles. The molecule has 1 aliphatic rings. The summed E-state index contributed by atoms with van der Waals surface area (Å²) in [7, 11) is 0. The minimum atomic E-state index is -0.157. The van der Waals surface area contributed by atoms with Gasteiger partial charge in [0.25, 0.3) is 0 Å². The molecule has 1 saturated heterocycles. The van der Waals surface area contributed by atoms with E-state index in [1.54, 1.807) is 11.8 Å². The van der Waals surface area contributed by atoms with E-state index in [0.29, 0.717) is 6.04 Å². The minimum Gasteiger partial charge on any atom is -0.313 e. The van der Waals surface area contributed by atoms with Crippen molar-refractivity contribution in [1.29, 1.82) is 0 Å². The Morgan fingerprint density at radius 3 is 2.73 bits per heavy atom. The summed E-state index contributed by atoms with van der Waals surface area (Å²) >= 11 is 1.81. The largest absolute Gasteiger partial charge is 0.313 e. The van der Waals surface area contributed by atoms with Crippen molar-refractivity contribution in [2.45, 2.75) is 30.2 Å². The van der Waals surface area contributed by atoms with E-state index in [0.717, 1.165) is 17.2 Å². The molecular weight excluding hydrogens is 209 g/mol. The summed E-state index contributed by atoms with van der Waals surface area (Å²) in [5.41, 5.74) is 0. The minimum absolute atomic E-state index is 0.157. The number of halogens is 1. The standard InChI is InChI=1S/C12H16FNS/c13-10-4-6-12(7-5-10)15-9-11-3-1-2-8-14-11/h4-7,11,14H,1-3,8-9H2/t11-/m1/s1. The molecule has 0 unspecified atom stereocenters. The lowest BCUT2D eigenvalue weighted by Gasteiger charge is -2.22. The normalized spacial score (nSPS) is 21.5. The fourth-order valence-electron chi connectivity index (χ4n) is 1.79. The Labute approximate surface area is 94.5 Å². The number of hydrogen-bond donors (Lipinski definition) is 1. The smallest absolute Gasteiger partial charge is 0.123 e. The van der Waals surface area contributed by atoms with Crippen LogP contribution in [0, 0.1) is 5.82 Å². The number of rotatable bonds is 3. The van der Waals surface area contributed by atoms with Crippen LogP contribution in [0.5, 0.6) is 0 Å². The molecule has 82 valence electrons. The van der Waals surface area contributed by atoms with Gasteiger partial charge in [0.1, 0.15) is 5.82 Å². The summed E-state index contributed by atoms with van der Waals surface area (Å²) < 4.78 is 12.7. The molecule has 0 spiro atoms. The number of benzene rings is 1. The second-order valence-electron chi connectivity index (χ2n) is 3.91. The topological polar surface area (TPSA) is 12.0 Å². The van der Waals surface area contributed by atoms with E-state index in [1.165, 1.54) is 31.4 Å². The zero-order chi connectivity index (χ0) is 10.5. The lowest BCUT2D eigenvalue weighted by molar-refractivity contribution is 0.430. The van der Waals surface area contributed by atoms with Crippen LogP contribution in [-0.2, 0) is 0 Å². The molecule has 1 aromatic carbocycles. The Morgan fingerprint density at radius 2 is 2.07 bits per heavy atom. The first kappa shape index (κ1) is 11.0. The van der Waals surface area contributed by atoms with Crippen LogP contribution in [0.1, 0.15) is 19.3 Å². The Hall–Kier alpha value is -0.540. The highest BCUT2D eigenvalue weighted by molar-refractivity contribution is 7.99. The van der Waals surface area contributed by atoms with Crippen LogP contribution in [0.15, 0.2) is 29.2 Å². The molecule has 1 nitrogen and oxygen atoms in total. The van der Waals surface area contributed by atoms with Crippen molar-refractivity contribution in [2.75, 3.05) is 12.3 Å². The van der Waals surface area contributed by atoms with Crippen molar-refractivity contribution in [1.82, 2.24) is 5.32 Å². The van der Waals surface area contributed by atoms with E-state index < -0.39 is 0 Å². The zero-order valence-corrected chi connectivity index (χ0v) is 9.52. The van der Waals surface area contributed by atoms with Crippen molar-refractivity contribution >= 4 is 11.8 Å². The molecule has 1 aliphatic heterocycles. The zero-order valence-electron chi connectivity index (χ0n) is 8.71. The maximum absolute atomic E-state index is 12.7. The number of thioether (sulfide) groups is 1. The quantitative estimate of drug-likeness (QED) is 0.793. The van der Waals surface area contributed by atoms with E-state index in [2.05, 4.69) is 5.32 Å². The predicted molar refractivity (Wildman–Crippen MR) is 62.8 cm³/mol. The van der Waals surface area contributed by atoms with Gasteiger partial charge in [-0.3, -0.25) is 0 Å². The van der Waals surface area contributed by atoms with Crippen LogP contribution in [0.2, 0.25) is 0 Å². The molecule has 0 bridgehead atoms. The molecule has 3 heteroatoms. The van der Waals surface area contributed by atoms with Gasteiger partial charge < -0.3 is 5.32 Å². The van der Waals surface area contributed by atoms with E-state index in [1.807, 2.05) is 12.1 Å². The highest BCUT2D eigenvalue weighted by Crippen LogP contribution is 2.21. The first-order chi connectivity index (χ1) is 7.34. The lowest BCUT2D eigenvalue weighted by atomic mass is 10.1. The van der Waals surface area contributed by atoms with Gasteiger partial charge in [0.15, 0.2) is 0 Å². The molecule has 0 radical (unpaired) electrons. The van der Waals surface area contributed by atoms with Crippen molar-refractivity contribution in [3.05, 3.63) is 30.1 Å². The SMILES string of the molecule is Fc1ccc(SC[C@H]2CCCCN2)cc1. The molecule has 0 aromatic heterocycles. The van der Waals surface area contributed by atoms with Gasteiger partial charge in [-0.1, -0.05) is 6.42 Å². The molecule has 1 aromatic rings. The second-order valence-corrected chi connectivity index (χ2v) is 5.01. The van der Waals surface area contributed by atoms with Gasteiger partial charge in [-0.25, -0.2) is 4.39 Å². The van der Waals surface area contributed by atoms with Crippen molar-refractivity contribution in [3.8, 4) is 0 Å². The first-order valence-electron chi connectivity index (χ1n) is 5.46. The Balaban J connectivity index is 1.79. The monoisotopic (exact) mass is 225 g/mol. The number of nitrogens with one attached hydrogen (secondary N) is 1. The summed E-state index contributed by atoms with van der Waals surface area (Å²) in [5.74, 6) is 0.932. The molecule has 15 heavy (non-hydrogen) atoms. The summed E-state index contributed by atoms with van der Waals surface area (Å²) in [6, 6.07) is 7.38. The molecule has 0 aliphatic carbocycles. The third kappa shape index (κ3) is 3.50. The van der Waals surface area contributed by atoms with Crippen LogP contribution in [-0.4, -0.2) is 18.3 Å². The van der Waals surface area contributed by atoms with Crippen LogP contribution in [0.3, 0.4) is 0 Å². The third-order valence-corrected chi connectivity index (χ3v) is 3.85. The van der Waals surface area contributed by atoms with Gasteiger partial charge in [-0.05, 0) is 43.7 Å². The van der Waals surface area contributed by atoms with E-state index in [9.17, 15) is 4.39 Å². The van der Waals surface area contributed by atoms with Gasteiger partial charge in [-0.2, -0.15) is 0 Å². The Bertz CT molecular complexity index is 293. The van der Waals surface area contributed by atoms with Crippen LogP contribution >= 0.6 is 11.8 Å². The van der Waals surface area contributed by atoms with Crippen molar-refractivity contribution in [2.24, 2.45) is 0 Å². The summed E-state index contributed by atoms with van der Waals surface area (Å²) in [5, 5.41) is 3.51.